The molecule has 5 rings (SSSR count). The maximum atomic E-state index is 13.4. The van der Waals surface area contributed by atoms with Gasteiger partial charge >= 0.3 is 0 Å². The number of hydrogen-bond donors (Lipinski definition) is 2. The molecule has 174 valence electrons. The van der Waals surface area contributed by atoms with Crippen LogP contribution in [0.3, 0.4) is 0 Å². The Kier molecular flexibility index (Phi) is 6.08. The molecule has 0 aliphatic carbocycles. The van der Waals surface area contributed by atoms with E-state index >= 15 is 0 Å². The first-order valence-corrected chi connectivity index (χ1v) is 11.2. The molecule has 0 amide bonds. The zero-order valence-corrected chi connectivity index (χ0v) is 19.2. The predicted octanol–water partition coefficient (Wildman–Crippen LogP) is 5.20. The maximum Gasteiger partial charge on any atom is 0.208 e. The summed E-state index contributed by atoms with van der Waals surface area (Å²) in [5.41, 5.74) is 9.23. The third kappa shape index (κ3) is 4.55. The minimum Gasteiger partial charge on any atom is -0.487 e. The molecule has 7 nitrogen and oxygen atoms in total. The highest BCUT2D eigenvalue weighted by Crippen LogP contribution is 2.34. The number of aromatic nitrogens is 2. The van der Waals surface area contributed by atoms with E-state index in [9.17, 15) is 4.39 Å². The molecular weight excluding hydrogens is 457 g/mol. The van der Waals surface area contributed by atoms with Crippen LogP contribution < -0.4 is 20.7 Å². The van der Waals surface area contributed by atoms with Crippen LogP contribution in [-0.2, 0) is 11.3 Å². The normalized spacial score (nSPS) is 17.8. The van der Waals surface area contributed by atoms with Crippen LogP contribution in [0, 0.1) is 5.82 Å². The van der Waals surface area contributed by atoms with E-state index in [0.29, 0.717) is 23.2 Å². The van der Waals surface area contributed by atoms with Crippen LogP contribution in [-0.4, -0.2) is 29.0 Å². The van der Waals surface area contributed by atoms with Gasteiger partial charge in [0.2, 0.25) is 6.35 Å². The third-order valence-electron chi connectivity index (χ3n) is 5.68. The fourth-order valence-corrected chi connectivity index (χ4v) is 4.22. The summed E-state index contributed by atoms with van der Waals surface area (Å²) in [6.07, 6.45) is 1.04. The van der Waals surface area contributed by atoms with Crippen molar-refractivity contribution in [1.82, 2.24) is 9.97 Å². The summed E-state index contributed by atoms with van der Waals surface area (Å²) >= 11 is 6.53. The van der Waals surface area contributed by atoms with Gasteiger partial charge in [-0.2, -0.15) is 0 Å². The van der Waals surface area contributed by atoms with Crippen LogP contribution in [0.4, 0.5) is 21.6 Å². The molecule has 2 atom stereocenters. The fraction of sp³-hybridized carbons (Fsp3) is 0.200. The summed E-state index contributed by atoms with van der Waals surface area (Å²) in [5.74, 6) is 0.648. The average molecular weight is 480 g/mol. The average Bonchev–Trinajstić information content (AvgIpc) is 3.18. The molecule has 2 heterocycles. The lowest BCUT2D eigenvalue weighted by molar-refractivity contribution is 0.131. The van der Waals surface area contributed by atoms with Crippen molar-refractivity contribution in [3.8, 4) is 5.75 Å². The van der Waals surface area contributed by atoms with E-state index < -0.39 is 6.35 Å². The number of rotatable bonds is 6. The highest BCUT2D eigenvalue weighted by atomic mass is 35.5. The van der Waals surface area contributed by atoms with Crippen LogP contribution in [0.2, 0.25) is 5.02 Å². The summed E-state index contributed by atoms with van der Waals surface area (Å²) in [6, 6.07) is 17.7. The molecular formula is C25H23ClFN5O2. The summed E-state index contributed by atoms with van der Waals surface area (Å²) in [7, 11) is 0. The molecule has 1 aliphatic heterocycles. The number of hydrogen-bond acceptors (Lipinski definition) is 7. The van der Waals surface area contributed by atoms with E-state index in [2.05, 4.69) is 27.1 Å². The molecule has 1 aromatic heterocycles. The van der Waals surface area contributed by atoms with Crippen LogP contribution in [0.25, 0.3) is 10.9 Å². The van der Waals surface area contributed by atoms with Gasteiger partial charge in [-0.25, -0.2) is 14.4 Å². The number of benzene rings is 3. The topological polar surface area (TPSA) is 85.5 Å². The van der Waals surface area contributed by atoms with Gasteiger partial charge in [0.15, 0.2) is 0 Å². The van der Waals surface area contributed by atoms with Crippen LogP contribution in [0.5, 0.6) is 5.75 Å². The summed E-state index contributed by atoms with van der Waals surface area (Å²) in [5, 5.41) is 4.64. The molecule has 0 spiro atoms. The highest BCUT2D eigenvalue weighted by molar-refractivity contribution is 6.32. The molecule has 3 aromatic carbocycles. The number of ether oxygens (including phenoxy) is 2. The van der Waals surface area contributed by atoms with Gasteiger partial charge in [0, 0.05) is 16.8 Å². The Bertz CT molecular complexity index is 1340. The SMILES string of the molecule is CC1COC(Nc2ccc3ncnc(N)c3c2)N1c1ccc(OCc2cccc(F)c2)c(Cl)c1. The summed E-state index contributed by atoms with van der Waals surface area (Å²) in [6.45, 7) is 2.85. The van der Waals surface area contributed by atoms with E-state index in [-0.39, 0.29) is 18.5 Å². The molecule has 1 fully saturated rings. The Hall–Kier alpha value is -3.62. The zero-order valence-electron chi connectivity index (χ0n) is 18.4. The first-order valence-electron chi connectivity index (χ1n) is 10.8. The first kappa shape index (κ1) is 22.2. The van der Waals surface area contributed by atoms with Crippen LogP contribution in [0.1, 0.15) is 12.5 Å². The van der Waals surface area contributed by atoms with E-state index in [1.165, 1.54) is 18.5 Å². The van der Waals surface area contributed by atoms with Gasteiger partial charge in [-0.3, -0.25) is 0 Å². The lowest BCUT2D eigenvalue weighted by atomic mass is 10.2. The molecule has 0 saturated carbocycles. The highest BCUT2D eigenvalue weighted by Gasteiger charge is 2.32. The summed E-state index contributed by atoms with van der Waals surface area (Å²) < 4.78 is 25.2. The number of nitrogens with zero attached hydrogens (tertiary/aromatic N) is 3. The molecule has 0 bridgehead atoms. The van der Waals surface area contributed by atoms with Crippen molar-refractivity contribution >= 4 is 39.7 Å². The lowest BCUT2D eigenvalue weighted by Crippen LogP contribution is -2.40. The smallest absolute Gasteiger partial charge is 0.208 e. The molecule has 1 saturated heterocycles. The van der Waals surface area contributed by atoms with Crippen molar-refractivity contribution in [2.75, 3.05) is 22.6 Å². The Morgan fingerprint density at radius 3 is 2.88 bits per heavy atom. The number of fused-ring (bicyclic) bond motifs is 1. The van der Waals surface area contributed by atoms with Crippen molar-refractivity contribution in [2.24, 2.45) is 0 Å². The number of nitrogen functional groups attached to an aromatic ring is 1. The number of anilines is 3. The van der Waals surface area contributed by atoms with Gasteiger partial charge in [0.1, 0.15) is 30.3 Å². The van der Waals surface area contributed by atoms with Crippen molar-refractivity contribution < 1.29 is 13.9 Å². The summed E-state index contributed by atoms with van der Waals surface area (Å²) in [4.78, 5) is 10.4. The van der Waals surface area contributed by atoms with Crippen LogP contribution >= 0.6 is 11.6 Å². The zero-order chi connectivity index (χ0) is 23.7. The molecule has 3 N–H and O–H groups in total. The Labute approximate surface area is 201 Å². The quantitative estimate of drug-likeness (QED) is 0.393. The van der Waals surface area contributed by atoms with Crippen LogP contribution in [0.15, 0.2) is 67.0 Å². The number of halogens is 2. The van der Waals surface area contributed by atoms with Crippen molar-refractivity contribution in [2.45, 2.75) is 25.9 Å². The standard InChI is InChI=1S/C25H23ClFN5O2/c1-15-12-34-25(31-18-5-7-22-20(10-18)24(28)30-14-29-22)32(15)19-6-8-23(21(26)11-19)33-13-16-3-2-4-17(27)9-16/h2-11,14-15,25,31H,12-13H2,1H3,(H2,28,29,30). The van der Waals surface area contributed by atoms with E-state index in [1.807, 2.05) is 36.4 Å². The minimum atomic E-state index is -0.409. The largest absolute Gasteiger partial charge is 0.487 e. The molecule has 2 unspecified atom stereocenters. The van der Waals surface area contributed by atoms with Gasteiger partial charge in [0.05, 0.1) is 23.2 Å². The molecule has 9 heteroatoms. The first-order chi connectivity index (χ1) is 16.5. The second kappa shape index (κ2) is 9.32. The molecule has 4 aromatic rings. The Morgan fingerprint density at radius 1 is 1.18 bits per heavy atom. The maximum absolute atomic E-state index is 13.4. The van der Waals surface area contributed by atoms with Crippen molar-refractivity contribution in [1.29, 1.82) is 0 Å². The second-order valence-corrected chi connectivity index (χ2v) is 8.52. The fourth-order valence-electron chi connectivity index (χ4n) is 3.99. The number of nitrogens with two attached hydrogens (primary N) is 1. The minimum absolute atomic E-state index is 0.112. The Balaban J connectivity index is 1.33. The van der Waals surface area contributed by atoms with Crippen molar-refractivity contribution in [3.63, 3.8) is 0 Å². The van der Waals surface area contributed by atoms with Gasteiger partial charge in [-0.05, 0) is 61.0 Å². The van der Waals surface area contributed by atoms with Gasteiger partial charge < -0.3 is 25.4 Å². The van der Waals surface area contributed by atoms with E-state index in [1.54, 1.807) is 12.1 Å². The van der Waals surface area contributed by atoms with E-state index in [0.717, 1.165) is 27.8 Å². The Morgan fingerprint density at radius 2 is 2.06 bits per heavy atom. The monoisotopic (exact) mass is 479 g/mol. The lowest BCUT2D eigenvalue weighted by Gasteiger charge is -2.30. The van der Waals surface area contributed by atoms with Gasteiger partial charge in [0.25, 0.3) is 0 Å². The number of nitrogens with one attached hydrogen (secondary N) is 1. The van der Waals surface area contributed by atoms with E-state index in [4.69, 9.17) is 26.8 Å². The third-order valence-corrected chi connectivity index (χ3v) is 5.97. The molecule has 0 radical (unpaired) electrons. The van der Waals surface area contributed by atoms with Gasteiger partial charge in [-0.1, -0.05) is 23.7 Å². The molecule has 34 heavy (non-hydrogen) atoms. The van der Waals surface area contributed by atoms with Gasteiger partial charge in [-0.15, -0.1) is 0 Å². The predicted molar refractivity (Wildman–Crippen MR) is 131 cm³/mol. The second-order valence-electron chi connectivity index (χ2n) is 8.11. The van der Waals surface area contributed by atoms with Crippen molar-refractivity contribution in [3.05, 3.63) is 83.4 Å². The molecule has 1 aliphatic rings.